The molecule has 35 heavy (non-hydrogen) atoms. The molecule has 5 rings (SSSR count). The first kappa shape index (κ1) is 24.8. The molecule has 0 spiro atoms. The van der Waals surface area contributed by atoms with Gasteiger partial charge in [-0.2, -0.15) is 0 Å². The Hall–Kier alpha value is -3.27. The quantitative estimate of drug-likeness (QED) is 0.298. The van der Waals surface area contributed by atoms with E-state index in [4.69, 9.17) is 9.47 Å². The molecule has 0 N–H and O–H groups in total. The van der Waals surface area contributed by atoms with E-state index in [2.05, 4.69) is 83.8 Å². The summed E-state index contributed by atoms with van der Waals surface area (Å²) in [6, 6.07) is 23.6. The zero-order valence-corrected chi connectivity index (χ0v) is 21.2. The van der Waals surface area contributed by atoms with Crippen LogP contribution in [0.25, 0.3) is 23.8 Å². The van der Waals surface area contributed by atoms with E-state index in [9.17, 15) is 0 Å². The molecular weight excluding hydrogens is 454 g/mol. The van der Waals surface area contributed by atoms with Crippen LogP contribution in [0.5, 0.6) is 11.5 Å². The van der Waals surface area contributed by atoms with Gasteiger partial charge in [0.05, 0.1) is 14.2 Å². The highest BCUT2D eigenvalue weighted by atomic mass is 35.5. The van der Waals surface area contributed by atoms with Crippen LogP contribution in [-0.2, 0) is 0 Å². The van der Waals surface area contributed by atoms with Gasteiger partial charge in [0.15, 0.2) is 11.5 Å². The molecule has 4 heteroatoms. The van der Waals surface area contributed by atoms with E-state index in [1.54, 1.807) is 19.8 Å². The molecule has 0 unspecified atom stereocenters. The molecule has 3 nitrogen and oxygen atoms in total. The fraction of sp³-hybridized carbons (Fsp3) is 0.226. The molecule has 180 valence electrons. The second-order valence-electron chi connectivity index (χ2n) is 8.77. The molecule has 0 radical (unpaired) electrons. The molecule has 0 bridgehead atoms. The monoisotopic (exact) mass is 485 g/mol. The normalized spacial score (nSPS) is 15.3. The molecule has 0 atom stereocenters. The van der Waals surface area contributed by atoms with Gasteiger partial charge in [-0.1, -0.05) is 90.5 Å². The number of rotatable bonds is 5. The van der Waals surface area contributed by atoms with Crippen molar-refractivity contribution in [2.75, 3.05) is 33.9 Å². The van der Waals surface area contributed by atoms with Gasteiger partial charge in [-0.3, -0.25) is 4.90 Å². The van der Waals surface area contributed by atoms with Gasteiger partial charge in [0.1, 0.15) is 0 Å². The summed E-state index contributed by atoms with van der Waals surface area (Å²) in [6.07, 6.45) is 11.1. The number of ether oxygens (including phenoxy) is 2. The van der Waals surface area contributed by atoms with Crippen molar-refractivity contribution in [1.82, 2.24) is 4.90 Å². The van der Waals surface area contributed by atoms with Gasteiger partial charge in [0.25, 0.3) is 0 Å². The predicted octanol–water partition coefficient (Wildman–Crippen LogP) is 7.22. The summed E-state index contributed by atoms with van der Waals surface area (Å²) in [5, 5.41) is 0. The van der Waals surface area contributed by atoms with Gasteiger partial charge in [-0.25, -0.2) is 0 Å². The summed E-state index contributed by atoms with van der Waals surface area (Å²) in [4.78, 5) is 2.53. The minimum absolute atomic E-state index is 0. The van der Waals surface area contributed by atoms with Gasteiger partial charge in [0.2, 0.25) is 0 Å². The van der Waals surface area contributed by atoms with Crippen LogP contribution in [-0.4, -0.2) is 38.8 Å². The molecule has 1 heterocycles. The lowest BCUT2D eigenvalue weighted by Gasteiger charge is -2.29. The highest BCUT2D eigenvalue weighted by molar-refractivity contribution is 5.94. The molecule has 2 aliphatic rings. The van der Waals surface area contributed by atoms with Gasteiger partial charge in [-0.15, -0.1) is 12.4 Å². The molecular formula is C31H32ClNO2. The largest absolute Gasteiger partial charge is 0.493 e. The number of methoxy groups -OCH3 is 2. The van der Waals surface area contributed by atoms with E-state index in [0.29, 0.717) is 0 Å². The van der Waals surface area contributed by atoms with Crippen molar-refractivity contribution >= 4 is 36.2 Å². The van der Waals surface area contributed by atoms with E-state index in [1.165, 1.54) is 27.8 Å². The number of benzene rings is 3. The molecule has 3 aromatic carbocycles. The Balaban J connectivity index is 0.00000289. The Kier molecular flexibility index (Phi) is 8.12. The summed E-state index contributed by atoms with van der Waals surface area (Å²) in [6.45, 7) is 3.06. The molecule has 3 aromatic rings. The summed E-state index contributed by atoms with van der Waals surface area (Å²) in [5.41, 5.74) is 9.37. The zero-order chi connectivity index (χ0) is 23.3. The number of para-hydroxylation sites is 1. The molecule has 0 amide bonds. The minimum atomic E-state index is 0. The van der Waals surface area contributed by atoms with Crippen molar-refractivity contribution < 1.29 is 9.47 Å². The second kappa shape index (κ2) is 11.4. The Bertz CT molecular complexity index is 1210. The van der Waals surface area contributed by atoms with Gasteiger partial charge < -0.3 is 9.47 Å². The third-order valence-electron chi connectivity index (χ3n) is 6.81. The third kappa shape index (κ3) is 5.22. The minimum Gasteiger partial charge on any atom is -0.493 e. The first-order chi connectivity index (χ1) is 16.8. The number of nitrogens with zero attached hydrogens (tertiary/aromatic N) is 1. The smallest absolute Gasteiger partial charge is 0.167 e. The SMILES string of the molecule is COc1cccc(/C=C/CN2CCC(=C3c4ccccc4C=Cc4ccccc43)CC2)c1OC.Cl. The van der Waals surface area contributed by atoms with Gasteiger partial charge >= 0.3 is 0 Å². The predicted molar refractivity (Wildman–Crippen MR) is 149 cm³/mol. The van der Waals surface area contributed by atoms with Crippen LogP contribution in [0.3, 0.4) is 0 Å². The maximum atomic E-state index is 5.56. The molecule has 1 fully saturated rings. The number of piperidine rings is 1. The number of hydrogen-bond donors (Lipinski definition) is 0. The van der Waals surface area contributed by atoms with Gasteiger partial charge in [-0.05, 0) is 46.7 Å². The van der Waals surface area contributed by atoms with E-state index in [-0.39, 0.29) is 12.4 Å². The number of fused-ring (bicyclic) bond motifs is 2. The molecule has 0 saturated carbocycles. The molecule has 1 aliphatic carbocycles. The lowest BCUT2D eigenvalue weighted by Crippen LogP contribution is -2.31. The van der Waals surface area contributed by atoms with Crippen LogP contribution in [0.2, 0.25) is 0 Å². The molecule has 1 aliphatic heterocycles. The van der Waals surface area contributed by atoms with Crippen molar-refractivity contribution in [3.05, 3.63) is 106 Å². The zero-order valence-electron chi connectivity index (χ0n) is 20.4. The second-order valence-corrected chi connectivity index (χ2v) is 8.77. The van der Waals surface area contributed by atoms with Crippen LogP contribution in [0, 0.1) is 0 Å². The standard InChI is InChI=1S/C31H31NO2.ClH/c1-33-29-15-7-11-26(31(29)34-2)12-8-20-32-21-18-25(19-22-32)30-27-13-5-3-9-23(27)16-17-24-10-4-6-14-28(24)30;/h3-17H,18-22H2,1-2H3;1H/b12-8+;. The Labute approximate surface area is 214 Å². The maximum absolute atomic E-state index is 5.56. The average Bonchev–Trinajstić information content (AvgIpc) is 3.06. The van der Waals surface area contributed by atoms with Crippen LogP contribution in [0.4, 0.5) is 0 Å². The lowest BCUT2D eigenvalue weighted by molar-refractivity contribution is 0.284. The average molecular weight is 486 g/mol. The van der Waals surface area contributed by atoms with E-state index in [0.717, 1.165) is 49.5 Å². The van der Waals surface area contributed by atoms with E-state index in [1.807, 2.05) is 12.1 Å². The summed E-state index contributed by atoms with van der Waals surface area (Å²) in [5.74, 6) is 1.54. The molecule has 1 saturated heterocycles. The highest BCUT2D eigenvalue weighted by Gasteiger charge is 2.22. The first-order valence-corrected chi connectivity index (χ1v) is 12.0. The van der Waals surface area contributed by atoms with Crippen molar-refractivity contribution in [1.29, 1.82) is 0 Å². The Morgan fingerprint density at radius 3 is 2.00 bits per heavy atom. The van der Waals surface area contributed by atoms with Crippen molar-refractivity contribution in [3.63, 3.8) is 0 Å². The van der Waals surface area contributed by atoms with Crippen LogP contribution in [0.1, 0.15) is 40.7 Å². The fourth-order valence-corrected chi connectivity index (χ4v) is 5.07. The number of hydrogen-bond acceptors (Lipinski definition) is 3. The lowest BCUT2D eigenvalue weighted by atomic mass is 9.86. The Morgan fingerprint density at radius 2 is 1.40 bits per heavy atom. The maximum Gasteiger partial charge on any atom is 0.167 e. The van der Waals surface area contributed by atoms with Crippen LogP contribution in [0.15, 0.2) is 78.4 Å². The van der Waals surface area contributed by atoms with Crippen molar-refractivity contribution in [2.45, 2.75) is 12.8 Å². The topological polar surface area (TPSA) is 21.7 Å². The number of likely N-dealkylation sites (tertiary alicyclic amines) is 1. The van der Waals surface area contributed by atoms with Crippen LogP contribution >= 0.6 is 12.4 Å². The van der Waals surface area contributed by atoms with Crippen molar-refractivity contribution in [2.24, 2.45) is 0 Å². The first-order valence-electron chi connectivity index (χ1n) is 12.0. The highest BCUT2D eigenvalue weighted by Crippen LogP contribution is 2.38. The van der Waals surface area contributed by atoms with E-state index >= 15 is 0 Å². The van der Waals surface area contributed by atoms with Crippen LogP contribution < -0.4 is 9.47 Å². The fourth-order valence-electron chi connectivity index (χ4n) is 5.07. The van der Waals surface area contributed by atoms with Crippen molar-refractivity contribution in [3.8, 4) is 11.5 Å². The summed E-state index contributed by atoms with van der Waals surface area (Å²) in [7, 11) is 3.36. The summed E-state index contributed by atoms with van der Waals surface area (Å²) < 4.78 is 11.0. The third-order valence-corrected chi connectivity index (χ3v) is 6.81. The molecule has 0 aromatic heterocycles. The van der Waals surface area contributed by atoms with E-state index < -0.39 is 0 Å². The van der Waals surface area contributed by atoms with Gasteiger partial charge in [0, 0.05) is 25.2 Å². The number of halogens is 1. The summed E-state index contributed by atoms with van der Waals surface area (Å²) >= 11 is 0. The Morgan fingerprint density at radius 1 is 0.771 bits per heavy atom.